The van der Waals surface area contributed by atoms with Crippen LogP contribution in [0.2, 0.25) is 0 Å². The highest BCUT2D eigenvalue weighted by Gasteiger charge is 2.28. The van der Waals surface area contributed by atoms with Crippen LogP contribution < -0.4 is 4.74 Å². The summed E-state index contributed by atoms with van der Waals surface area (Å²) in [6.45, 7) is 4.84. The minimum atomic E-state index is -1.13. The number of halogens is 2. The van der Waals surface area contributed by atoms with Gasteiger partial charge in [-0.1, -0.05) is 0 Å². The van der Waals surface area contributed by atoms with E-state index in [1.807, 2.05) is 6.07 Å². The van der Waals surface area contributed by atoms with Gasteiger partial charge in [-0.25, -0.2) is 18.7 Å². The van der Waals surface area contributed by atoms with Crippen molar-refractivity contribution < 1.29 is 18.3 Å². The van der Waals surface area contributed by atoms with E-state index in [0.717, 1.165) is 12.1 Å². The number of hydrogen-bond acceptors (Lipinski definition) is 5. The molecule has 0 aliphatic carbocycles. The molecule has 2 rings (SSSR count). The SMILES string of the molecule is Cc1cc([C@@H](C#N)C(=O)[C@H](C)Oc2ccc(F)c(F)c2)nc(C)n1. The molecule has 0 aliphatic heterocycles. The van der Waals surface area contributed by atoms with Crippen LogP contribution in [0.1, 0.15) is 30.1 Å². The normalized spacial score (nSPS) is 13.0. The van der Waals surface area contributed by atoms with E-state index < -0.39 is 29.4 Å². The molecule has 1 heterocycles. The van der Waals surface area contributed by atoms with Crippen molar-refractivity contribution in [1.82, 2.24) is 9.97 Å². The molecular weight excluding hydrogens is 316 g/mol. The van der Waals surface area contributed by atoms with Gasteiger partial charge < -0.3 is 4.74 Å². The van der Waals surface area contributed by atoms with E-state index in [4.69, 9.17) is 4.74 Å². The first kappa shape index (κ1) is 17.5. The lowest BCUT2D eigenvalue weighted by atomic mass is 9.97. The average Bonchev–Trinajstić information content (AvgIpc) is 2.50. The van der Waals surface area contributed by atoms with Gasteiger partial charge in [0.2, 0.25) is 0 Å². The van der Waals surface area contributed by atoms with E-state index in [1.165, 1.54) is 13.0 Å². The van der Waals surface area contributed by atoms with Gasteiger partial charge in [0.05, 0.1) is 11.8 Å². The Hall–Kier alpha value is -2.88. The van der Waals surface area contributed by atoms with Crippen molar-refractivity contribution in [2.75, 3.05) is 0 Å². The summed E-state index contributed by atoms with van der Waals surface area (Å²) >= 11 is 0. The fourth-order valence-corrected chi connectivity index (χ4v) is 2.22. The van der Waals surface area contributed by atoms with E-state index in [0.29, 0.717) is 11.5 Å². The molecule has 1 aromatic carbocycles. The zero-order valence-corrected chi connectivity index (χ0v) is 13.4. The summed E-state index contributed by atoms with van der Waals surface area (Å²) in [5, 5.41) is 9.33. The highest BCUT2D eigenvalue weighted by atomic mass is 19.2. The Bertz CT molecular complexity index is 798. The molecule has 124 valence electrons. The zero-order chi connectivity index (χ0) is 17.9. The Morgan fingerprint density at radius 1 is 1.21 bits per heavy atom. The second-order valence-electron chi connectivity index (χ2n) is 5.28. The standard InChI is InChI=1S/C17H15F2N3O2/c1-9-6-16(22-11(3)21-9)13(8-20)17(23)10(2)24-12-4-5-14(18)15(19)7-12/h4-7,10,13H,1-3H3/t10-,13+/m0/s1. The fraction of sp³-hybridized carbons (Fsp3) is 0.294. The molecule has 0 bridgehead atoms. The minimum Gasteiger partial charge on any atom is -0.483 e. The van der Waals surface area contributed by atoms with E-state index in [9.17, 15) is 18.8 Å². The molecular formula is C17H15F2N3O2. The quantitative estimate of drug-likeness (QED) is 0.842. The predicted octanol–water partition coefficient (Wildman–Crippen LogP) is 3.02. The summed E-state index contributed by atoms with van der Waals surface area (Å²) in [6, 6.07) is 6.43. The molecule has 0 saturated heterocycles. The van der Waals surface area contributed by atoms with Gasteiger partial charge in [-0.15, -0.1) is 0 Å². The molecule has 7 heteroatoms. The number of rotatable bonds is 5. The van der Waals surface area contributed by atoms with Gasteiger partial charge in [0.25, 0.3) is 0 Å². The first-order valence-electron chi connectivity index (χ1n) is 7.19. The summed E-state index contributed by atoms with van der Waals surface area (Å²) in [6.07, 6.45) is -1.03. The summed E-state index contributed by atoms with van der Waals surface area (Å²) < 4.78 is 31.4. The number of hydrogen-bond donors (Lipinski definition) is 0. The number of ketones is 1. The number of carbonyl (C=O) groups excluding carboxylic acids is 1. The molecule has 2 atom stereocenters. The van der Waals surface area contributed by atoms with Crippen LogP contribution in [0.4, 0.5) is 8.78 Å². The molecule has 0 amide bonds. The van der Waals surface area contributed by atoms with Crippen LogP contribution in [0.5, 0.6) is 5.75 Å². The molecule has 0 aliphatic rings. The molecule has 0 saturated carbocycles. The van der Waals surface area contributed by atoms with Gasteiger partial charge in [-0.3, -0.25) is 4.79 Å². The fourth-order valence-electron chi connectivity index (χ4n) is 2.22. The number of aryl methyl sites for hydroxylation is 2. The van der Waals surface area contributed by atoms with E-state index in [2.05, 4.69) is 9.97 Å². The van der Waals surface area contributed by atoms with Crippen molar-refractivity contribution in [2.24, 2.45) is 0 Å². The predicted molar refractivity (Wildman–Crippen MR) is 81.3 cm³/mol. The number of nitriles is 1. The lowest BCUT2D eigenvalue weighted by molar-refractivity contribution is -0.125. The number of ether oxygens (including phenoxy) is 1. The molecule has 0 spiro atoms. The van der Waals surface area contributed by atoms with Crippen LogP contribution in [-0.4, -0.2) is 21.9 Å². The Morgan fingerprint density at radius 3 is 2.50 bits per heavy atom. The maximum Gasteiger partial charge on any atom is 0.196 e. The smallest absolute Gasteiger partial charge is 0.196 e. The highest BCUT2D eigenvalue weighted by Crippen LogP contribution is 2.21. The van der Waals surface area contributed by atoms with Crippen molar-refractivity contribution in [3.63, 3.8) is 0 Å². The summed E-state index contributed by atoms with van der Waals surface area (Å²) in [5.74, 6) is -3.30. The van der Waals surface area contributed by atoms with E-state index in [-0.39, 0.29) is 11.4 Å². The largest absolute Gasteiger partial charge is 0.483 e. The van der Waals surface area contributed by atoms with Crippen LogP contribution in [0.25, 0.3) is 0 Å². The van der Waals surface area contributed by atoms with E-state index >= 15 is 0 Å². The van der Waals surface area contributed by atoms with Gasteiger partial charge in [0, 0.05) is 11.8 Å². The molecule has 0 radical (unpaired) electrons. The first-order chi connectivity index (χ1) is 11.3. The van der Waals surface area contributed by atoms with Crippen molar-refractivity contribution in [3.8, 4) is 11.8 Å². The maximum atomic E-state index is 13.2. The first-order valence-corrected chi connectivity index (χ1v) is 7.19. The Balaban J connectivity index is 2.21. The summed E-state index contributed by atoms with van der Waals surface area (Å²) in [7, 11) is 0. The summed E-state index contributed by atoms with van der Waals surface area (Å²) in [4.78, 5) is 20.7. The Morgan fingerprint density at radius 2 is 1.92 bits per heavy atom. The number of carbonyl (C=O) groups is 1. The second-order valence-corrected chi connectivity index (χ2v) is 5.28. The third-order valence-electron chi connectivity index (χ3n) is 3.30. The third-order valence-corrected chi connectivity index (χ3v) is 3.30. The van der Waals surface area contributed by atoms with Gasteiger partial charge in [-0.05, 0) is 39.0 Å². The average molecular weight is 331 g/mol. The van der Waals surface area contributed by atoms with Gasteiger partial charge in [0.1, 0.15) is 11.6 Å². The van der Waals surface area contributed by atoms with Crippen LogP contribution in [0.15, 0.2) is 24.3 Å². The summed E-state index contributed by atoms with van der Waals surface area (Å²) in [5.41, 5.74) is 0.924. The number of benzene rings is 1. The molecule has 5 nitrogen and oxygen atoms in total. The monoisotopic (exact) mass is 331 g/mol. The maximum absolute atomic E-state index is 13.2. The van der Waals surface area contributed by atoms with Gasteiger partial charge in [0.15, 0.2) is 29.4 Å². The molecule has 0 fully saturated rings. The molecule has 2 aromatic rings. The number of Topliss-reactive ketones (excluding diaryl/α,β-unsaturated/α-hetero) is 1. The van der Waals surface area contributed by atoms with Gasteiger partial charge in [-0.2, -0.15) is 5.26 Å². The Kier molecular flexibility index (Phi) is 5.19. The van der Waals surface area contributed by atoms with E-state index in [1.54, 1.807) is 19.9 Å². The molecule has 0 unspecified atom stereocenters. The van der Waals surface area contributed by atoms with Crippen molar-refractivity contribution in [3.05, 3.63) is 53.1 Å². The minimum absolute atomic E-state index is 0.00138. The highest BCUT2D eigenvalue weighted by molar-refractivity contribution is 5.91. The molecule has 24 heavy (non-hydrogen) atoms. The zero-order valence-electron chi connectivity index (χ0n) is 13.4. The van der Waals surface area contributed by atoms with Crippen molar-refractivity contribution in [2.45, 2.75) is 32.8 Å². The van der Waals surface area contributed by atoms with Crippen molar-refractivity contribution >= 4 is 5.78 Å². The topological polar surface area (TPSA) is 75.9 Å². The lowest BCUT2D eigenvalue weighted by Gasteiger charge is -2.17. The van der Waals surface area contributed by atoms with Crippen LogP contribution in [-0.2, 0) is 4.79 Å². The number of aromatic nitrogens is 2. The lowest BCUT2D eigenvalue weighted by Crippen LogP contribution is -2.29. The van der Waals surface area contributed by atoms with Crippen LogP contribution >= 0.6 is 0 Å². The van der Waals surface area contributed by atoms with Crippen LogP contribution in [0.3, 0.4) is 0 Å². The van der Waals surface area contributed by atoms with Crippen molar-refractivity contribution in [1.29, 1.82) is 5.26 Å². The van der Waals surface area contributed by atoms with Gasteiger partial charge >= 0.3 is 0 Å². The molecule has 1 aromatic heterocycles. The second kappa shape index (κ2) is 7.13. The van der Waals surface area contributed by atoms with Crippen LogP contribution in [0, 0.1) is 36.8 Å². The molecule has 0 N–H and O–H groups in total. The third kappa shape index (κ3) is 3.90. The Labute approximate surface area is 137 Å². The number of nitrogens with zero attached hydrogens (tertiary/aromatic N) is 3.